The largest absolute Gasteiger partial charge is 0.496 e. The second kappa shape index (κ2) is 6.76. The summed E-state index contributed by atoms with van der Waals surface area (Å²) in [5.74, 6) is 1.28. The van der Waals surface area contributed by atoms with Crippen LogP contribution in [0.5, 0.6) is 5.75 Å². The van der Waals surface area contributed by atoms with Crippen LogP contribution in [0.3, 0.4) is 0 Å². The first-order valence-corrected chi connectivity index (χ1v) is 8.77. The normalized spacial score (nSPS) is 11.0. The van der Waals surface area contributed by atoms with Crippen LogP contribution in [0.15, 0.2) is 64.1 Å². The number of aromatic amines is 1. The lowest BCUT2D eigenvalue weighted by molar-refractivity contribution is 0.407. The Balaban J connectivity index is 1.80. The molecule has 0 aliphatic rings. The zero-order chi connectivity index (χ0) is 18.1. The van der Waals surface area contributed by atoms with Crippen molar-refractivity contribution >= 4 is 26.8 Å². The van der Waals surface area contributed by atoms with Crippen LogP contribution < -0.4 is 10.3 Å². The average molecular weight is 411 g/mol. The third-order valence-electron chi connectivity index (χ3n) is 4.10. The van der Waals surface area contributed by atoms with Crippen molar-refractivity contribution in [2.24, 2.45) is 0 Å². The lowest BCUT2D eigenvalue weighted by atomic mass is 10.1. The molecule has 0 amide bonds. The number of methoxy groups -OCH3 is 1. The maximum Gasteiger partial charge on any atom is 0.259 e. The third kappa shape index (κ3) is 3.13. The molecule has 0 bridgehead atoms. The zero-order valence-electron chi connectivity index (χ0n) is 13.9. The van der Waals surface area contributed by atoms with Gasteiger partial charge >= 0.3 is 0 Å². The van der Waals surface area contributed by atoms with Gasteiger partial charge in [0.2, 0.25) is 0 Å². The molecule has 0 aliphatic heterocycles. The van der Waals surface area contributed by atoms with E-state index >= 15 is 0 Å². The fourth-order valence-electron chi connectivity index (χ4n) is 2.87. The van der Waals surface area contributed by atoms with Gasteiger partial charge in [-0.3, -0.25) is 9.48 Å². The monoisotopic (exact) mass is 410 g/mol. The first-order chi connectivity index (χ1) is 12.6. The van der Waals surface area contributed by atoms with Crippen LogP contribution in [-0.2, 0) is 6.54 Å². The van der Waals surface area contributed by atoms with Crippen molar-refractivity contribution in [2.75, 3.05) is 7.11 Å². The topological polar surface area (TPSA) is 72.8 Å². The fourth-order valence-corrected chi connectivity index (χ4v) is 3.20. The maximum atomic E-state index is 12.3. The molecule has 0 spiro atoms. The minimum absolute atomic E-state index is 0.154. The van der Waals surface area contributed by atoms with Crippen molar-refractivity contribution in [3.63, 3.8) is 0 Å². The molecule has 0 saturated carbocycles. The summed E-state index contributed by atoms with van der Waals surface area (Å²) in [4.78, 5) is 19.8. The Morgan fingerprint density at radius 1 is 1.23 bits per heavy atom. The Bertz CT molecular complexity index is 1150. The van der Waals surface area contributed by atoms with E-state index in [9.17, 15) is 4.79 Å². The number of hydrogen-bond donors (Lipinski definition) is 1. The van der Waals surface area contributed by atoms with Gasteiger partial charge in [0.15, 0.2) is 0 Å². The van der Waals surface area contributed by atoms with E-state index in [-0.39, 0.29) is 5.56 Å². The van der Waals surface area contributed by atoms with Gasteiger partial charge in [0.1, 0.15) is 11.6 Å². The predicted molar refractivity (Wildman–Crippen MR) is 103 cm³/mol. The molecule has 0 unspecified atom stereocenters. The van der Waals surface area contributed by atoms with Gasteiger partial charge in [-0.05, 0) is 46.3 Å². The van der Waals surface area contributed by atoms with Crippen LogP contribution in [0.4, 0.5) is 0 Å². The number of fused-ring (bicyclic) bond motifs is 1. The van der Waals surface area contributed by atoms with Crippen molar-refractivity contribution in [3.8, 4) is 17.1 Å². The minimum Gasteiger partial charge on any atom is -0.496 e. The molecule has 4 aromatic rings. The first-order valence-electron chi connectivity index (χ1n) is 7.98. The highest BCUT2D eigenvalue weighted by Gasteiger charge is 2.10. The van der Waals surface area contributed by atoms with E-state index < -0.39 is 0 Å². The molecule has 4 rings (SSSR count). The molecular formula is C19H15BrN4O2. The third-order valence-corrected chi connectivity index (χ3v) is 4.51. The van der Waals surface area contributed by atoms with E-state index in [2.05, 4.69) is 31.0 Å². The molecule has 6 nitrogen and oxygen atoms in total. The van der Waals surface area contributed by atoms with Crippen LogP contribution in [0, 0.1) is 0 Å². The van der Waals surface area contributed by atoms with Crippen molar-refractivity contribution in [1.82, 2.24) is 19.7 Å². The van der Waals surface area contributed by atoms with E-state index in [1.54, 1.807) is 19.4 Å². The van der Waals surface area contributed by atoms with Crippen LogP contribution in [0.25, 0.3) is 22.3 Å². The Hall–Kier alpha value is -2.93. The molecule has 1 N–H and O–H groups in total. The van der Waals surface area contributed by atoms with Gasteiger partial charge in [0, 0.05) is 17.3 Å². The molecule has 130 valence electrons. The molecule has 7 heteroatoms. The maximum absolute atomic E-state index is 12.3. The summed E-state index contributed by atoms with van der Waals surface area (Å²) in [6.07, 6.45) is 3.63. The molecule has 0 aliphatic carbocycles. The van der Waals surface area contributed by atoms with Crippen LogP contribution in [-0.4, -0.2) is 26.9 Å². The lowest BCUT2D eigenvalue weighted by Gasteiger charge is -2.11. The summed E-state index contributed by atoms with van der Waals surface area (Å²) in [5, 5.41) is 4.86. The van der Waals surface area contributed by atoms with Crippen molar-refractivity contribution < 1.29 is 4.74 Å². The number of para-hydroxylation sites is 1. The van der Waals surface area contributed by atoms with E-state index in [1.807, 2.05) is 47.3 Å². The van der Waals surface area contributed by atoms with Gasteiger partial charge in [-0.2, -0.15) is 5.10 Å². The number of benzene rings is 2. The lowest BCUT2D eigenvalue weighted by Crippen LogP contribution is -2.09. The quantitative estimate of drug-likeness (QED) is 0.557. The van der Waals surface area contributed by atoms with Gasteiger partial charge in [0.25, 0.3) is 5.56 Å². The number of aromatic nitrogens is 4. The summed E-state index contributed by atoms with van der Waals surface area (Å²) >= 11 is 3.40. The fraction of sp³-hybridized carbons (Fsp3) is 0.105. The van der Waals surface area contributed by atoms with Gasteiger partial charge in [0.05, 0.1) is 35.2 Å². The molecule has 0 atom stereocenters. The number of nitrogens with one attached hydrogen (secondary N) is 1. The second-order valence-electron chi connectivity index (χ2n) is 5.81. The minimum atomic E-state index is -0.154. The Kier molecular flexibility index (Phi) is 4.30. The Labute approximate surface area is 157 Å². The number of hydrogen-bond acceptors (Lipinski definition) is 4. The molecule has 26 heavy (non-hydrogen) atoms. The molecule has 0 saturated heterocycles. The summed E-state index contributed by atoms with van der Waals surface area (Å²) in [5.41, 5.74) is 2.27. The average Bonchev–Trinajstić information content (AvgIpc) is 3.06. The molecule has 0 fully saturated rings. The van der Waals surface area contributed by atoms with E-state index in [4.69, 9.17) is 4.74 Å². The summed E-state index contributed by atoms with van der Waals surface area (Å²) in [7, 11) is 1.63. The van der Waals surface area contributed by atoms with E-state index in [1.165, 1.54) is 0 Å². The van der Waals surface area contributed by atoms with Crippen molar-refractivity contribution in [3.05, 3.63) is 75.2 Å². The molecule has 0 radical (unpaired) electrons. The number of nitrogens with zero attached hydrogens (tertiary/aromatic N) is 3. The number of rotatable bonds is 4. The van der Waals surface area contributed by atoms with Crippen LogP contribution in [0.2, 0.25) is 0 Å². The van der Waals surface area contributed by atoms with E-state index in [0.717, 1.165) is 21.3 Å². The van der Waals surface area contributed by atoms with Gasteiger partial charge in [-0.25, -0.2) is 4.98 Å². The summed E-state index contributed by atoms with van der Waals surface area (Å²) in [6, 6.07) is 13.0. The molecular weight excluding hydrogens is 396 g/mol. The Morgan fingerprint density at radius 2 is 2.08 bits per heavy atom. The highest BCUT2D eigenvalue weighted by Crippen LogP contribution is 2.26. The number of halogens is 1. The van der Waals surface area contributed by atoms with Crippen molar-refractivity contribution in [2.45, 2.75) is 6.54 Å². The highest BCUT2D eigenvalue weighted by molar-refractivity contribution is 9.10. The highest BCUT2D eigenvalue weighted by atomic mass is 79.9. The standard InChI is InChI=1S/C19H15BrN4O2/c1-26-17-7-6-12(8-13(17)10-24-11-14(20)9-21-24)18-22-16-5-3-2-4-15(16)19(25)23-18/h2-9,11H,10H2,1H3,(H,22,23,25). The summed E-state index contributed by atoms with van der Waals surface area (Å²) in [6.45, 7) is 0.542. The van der Waals surface area contributed by atoms with Gasteiger partial charge in [-0.1, -0.05) is 12.1 Å². The van der Waals surface area contributed by atoms with Gasteiger partial charge < -0.3 is 9.72 Å². The number of H-pyrrole nitrogens is 1. The summed E-state index contributed by atoms with van der Waals surface area (Å²) < 4.78 is 8.18. The predicted octanol–water partition coefficient (Wildman–Crippen LogP) is 3.61. The SMILES string of the molecule is COc1ccc(-c2nc3ccccc3c(=O)[nH]2)cc1Cn1cc(Br)cn1. The molecule has 2 aromatic heterocycles. The van der Waals surface area contributed by atoms with Crippen LogP contribution in [0.1, 0.15) is 5.56 Å². The van der Waals surface area contributed by atoms with E-state index in [0.29, 0.717) is 23.3 Å². The molecule has 2 heterocycles. The van der Waals surface area contributed by atoms with Crippen LogP contribution >= 0.6 is 15.9 Å². The number of ether oxygens (including phenoxy) is 1. The van der Waals surface area contributed by atoms with Crippen molar-refractivity contribution in [1.29, 1.82) is 0 Å². The smallest absolute Gasteiger partial charge is 0.259 e. The van der Waals surface area contributed by atoms with Gasteiger partial charge in [-0.15, -0.1) is 0 Å². The molecule has 2 aromatic carbocycles. The zero-order valence-corrected chi connectivity index (χ0v) is 15.5. The second-order valence-corrected chi connectivity index (χ2v) is 6.73. The Morgan fingerprint density at radius 3 is 2.85 bits per heavy atom. The first kappa shape index (κ1) is 16.5.